The number of hydrogen-bond acceptors (Lipinski definition) is 3. The van der Waals surface area contributed by atoms with Gasteiger partial charge in [-0.1, -0.05) is 12.2 Å². The summed E-state index contributed by atoms with van der Waals surface area (Å²) in [5, 5.41) is 12.1. The van der Waals surface area contributed by atoms with E-state index in [1.807, 2.05) is 26.0 Å². The first-order chi connectivity index (χ1) is 8.85. The fraction of sp³-hybridized carbons (Fsp3) is 0.714. The highest BCUT2D eigenvalue weighted by molar-refractivity contribution is 5.86. The zero-order valence-electron chi connectivity index (χ0n) is 11.6. The van der Waals surface area contributed by atoms with E-state index < -0.39 is 23.4 Å². The maximum Gasteiger partial charge on any atom is 0.307 e. The number of rotatable bonds is 5. The number of ether oxygens (including phenoxy) is 1. The molecule has 0 aromatic heterocycles. The van der Waals surface area contributed by atoms with Crippen LogP contribution in [0.5, 0.6) is 0 Å². The predicted octanol–water partition coefficient (Wildman–Crippen LogP) is 1.05. The van der Waals surface area contributed by atoms with Crippen molar-refractivity contribution in [1.29, 1.82) is 0 Å². The molecule has 5 heteroatoms. The van der Waals surface area contributed by atoms with Crippen molar-refractivity contribution in [2.75, 3.05) is 13.7 Å². The first-order valence-electron chi connectivity index (χ1n) is 6.60. The molecule has 2 aliphatic rings. The molecule has 1 saturated carbocycles. The summed E-state index contributed by atoms with van der Waals surface area (Å²) < 4.78 is 5.24. The van der Waals surface area contributed by atoms with Gasteiger partial charge in [-0.25, -0.2) is 0 Å². The minimum Gasteiger partial charge on any atom is -0.481 e. The van der Waals surface area contributed by atoms with Gasteiger partial charge in [-0.15, -0.1) is 0 Å². The van der Waals surface area contributed by atoms with E-state index in [1.165, 1.54) is 0 Å². The Balaban J connectivity index is 2.02. The molecule has 2 rings (SSSR count). The molecule has 0 aromatic carbocycles. The van der Waals surface area contributed by atoms with Crippen LogP contribution < -0.4 is 5.32 Å². The van der Waals surface area contributed by atoms with Gasteiger partial charge in [0.15, 0.2) is 0 Å². The highest BCUT2D eigenvalue weighted by Gasteiger charge is 2.51. The highest BCUT2D eigenvalue weighted by atomic mass is 16.5. The number of fused-ring (bicyclic) bond motifs is 2. The lowest BCUT2D eigenvalue weighted by molar-refractivity contribution is -0.148. The van der Waals surface area contributed by atoms with Crippen molar-refractivity contribution in [3.8, 4) is 0 Å². The Morgan fingerprint density at radius 2 is 1.89 bits per heavy atom. The third kappa shape index (κ3) is 2.66. The van der Waals surface area contributed by atoms with Gasteiger partial charge in [-0.2, -0.15) is 0 Å². The van der Waals surface area contributed by atoms with E-state index in [9.17, 15) is 14.7 Å². The summed E-state index contributed by atoms with van der Waals surface area (Å²) in [6.07, 6.45) is 4.70. The Hall–Kier alpha value is -1.36. The summed E-state index contributed by atoms with van der Waals surface area (Å²) in [6.45, 7) is 4.14. The second-order valence-electron chi connectivity index (χ2n) is 6.02. The van der Waals surface area contributed by atoms with Crippen LogP contribution >= 0.6 is 0 Å². The van der Waals surface area contributed by atoms with Gasteiger partial charge in [-0.05, 0) is 32.1 Å². The predicted molar refractivity (Wildman–Crippen MR) is 69.5 cm³/mol. The zero-order valence-corrected chi connectivity index (χ0v) is 11.6. The van der Waals surface area contributed by atoms with Crippen molar-refractivity contribution in [3.05, 3.63) is 12.2 Å². The van der Waals surface area contributed by atoms with Gasteiger partial charge in [0.05, 0.1) is 17.4 Å². The van der Waals surface area contributed by atoms with Gasteiger partial charge in [0, 0.05) is 13.7 Å². The Morgan fingerprint density at radius 1 is 1.32 bits per heavy atom. The number of nitrogens with one attached hydrogen (secondary N) is 1. The molecular formula is C14H21NO4. The Labute approximate surface area is 113 Å². The van der Waals surface area contributed by atoms with Crippen LogP contribution in [0.25, 0.3) is 0 Å². The molecule has 0 aromatic rings. The average Bonchev–Trinajstić information content (AvgIpc) is 2.95. The van der Waals surface area contributed by atoms with Crippen molar-refractivity contribution in [3.63, 3.8) is 0 Å². The van der Waals surface area contributed by atoms with Crippen LogP contribution in [0.2, 0.25) is 0 Å². The van der Waals surface area contributed by atoms with Crippen LogP contribution in [0, 0.1) is 23.7 Å². The first kappa shape index (κ1) is 14.1. The van der Waals surface area contributed by atoms with Crippen molar-refractivity contribution in [1.82, 2.24) is 5.32 Å². The van der Waals surface area contributed by atoms with Crippen LogP contribution in [0.1, 0.15) is 20.3 Å². The summed E-state index contributed by atoms with van der Waals surface area (Å²) in [5.41, 5.74) is -0.443. The molecule has 0 spiro atoms. The number of amides is 1. The number of carboxylic acids is 1. The quantitative estimate of drug-likeness (QED) is 0.730. The largest absolute Gasteiger partial charge is 0.481 e. The number of methoxy groups -OCH3 is 1. The molecule has 106 valence electrons. The minimum atomic E-state index is -0.872. The molecule has 19 heavy (non-hydrogen) atoms. The van der Waals surface area contributed by atoms with Gasteiger partial charge >= 0.3 is 5.97 Å². The van der Waals surface area contributed by atoms with E-state index >= 15 is 0 Å². The molecule has 2 N–H and O–H groups in total. The van der Waals surface area contributed by atoms with Crippen LogP contribution in [0.4, 0.5) is 0 Å². The Bertz CT molecular complexity index is 416. The highest BCUT2D eigenvalue weighted by Crippen LogP contribution is 2.48. The molecule has 0 heterocycles. The number of carbonyl (C=O) groups excluding carboxylic acids is 1. The van der Waals surface area contributed by atoms with E-state index in [1.54, 1.807) is 7.11 Å². The lowest BCUT2D eigenvalue weighted by Crippen LogP contribution is -2.45. The lowest BCUT2D eigenvalue weighted by atomic mass is 9.82. The maximum absolute atomic E-state index is 12.2. The monoisotopic (exact) mass is 267 g/mol. The van der Waals surface area contributed by atoms with E-state index in [-0.39, 0.29) is 17.7 Å². The summed E-state index contributed by atoms with van der Waals surface area (Å²) in [5.74, 6) is -2.00. The van der Waals surface area contributed by atoms with E-state index in [4.69, 9.17) is 4.74 Å². The third-order valence-corrected chi connectivity index (χ3v) is 4.29. The smallest absolute Gasteiger partial charge is 0.307 e. The van der Waals surface area contributed by atoms with Crippen LogP contribution in [0.15, 0.2) is 12.2 Å². The molecule has 5 nitrogen and oxygen atoms in total. The molecule has 1 fully saturated rings. The minimum absolute atomic E-state index is 0.00804. The number of hydrogen-bond donors (Lipinski definition) is 2. The molecule has 4 atom stereocenters. The lowest BCUT2D eigenvalue weighted by Gasteiger charge is -2.27. The number of allylic oxidation sites excluding steroid dienone is 2. The summed E-state index contributed by atoms with van der Waals surface area (Å²) in [6, 6.07) is 0. The van der Waals surface area contributed by atoms with Crippen LogP contribution in [0.3, 0.4) is 0 Å². The van der Waals surface area contributed by atoms with Gasteiger partial charge in [0.2, 0.25) is 5.91 Å². The molecule has 2 bridgehead atoms. The molecule has 0 aliphatic heterocycles. The first-order valence-corrected chi connectivity index (χ1v) is 6.60. The van der Waals surface area contributed by atoms with Crippen molar-refractivity contribution in [2.45, 2.75) is 25.9 Å². The Morgan fingerprint density at radius 3 is 2.42 bits per heavy atom. The summed E-state index contributed by atoms with van der Waals surface area (Å²) in [4.78, 5) is 23.6. The number of carboxylic acid groups (broad SMARTS) is 1. The van der Waals surface area contributed by atoms with Gasteiger partial charge < -0.3 is 15.2 Å². The van der Waals surface area contributed by atoms with E-state index in [0.717, 1.165) is 6.42 Å². The van der Waals surface area contributed by atoms with E-state index in [2.05, 4.69) is 5.32 Å². The molecule has 4 unspecified atom stereocenters. The fourth-order valence-corrected chi connectivity index (χ4v) is 3.01. The average molecular weight is 267 g/mol. The fourth-order valence-electron chi connectivity index (χ4n) is 3.01. The van der Waals surface area contributed by atoms with Crippen LogP contribution in [-0.2, 0) is 14.3 Å². The molecule has 1 amide bonds. The van der Waals surface area contributed by atoms with Gasteiger partial charge in [0.1, 0.15) is 0 Å². The molecule has 0 saturated heterocycles. The summed E-state index contributed by atoms with van der Waals surface area (Å²) >= 11 is 0. The standard InChI is InChI=1S/C14H21NO4/c1-14(2,19-3)7-15-12(16)10-8-4-5-9(6-8)11(10)13(17)18/h4-5,8-11H,6-7H2,1-3H3,(H,15,16)(H,17,18). The van der Waals surface area contributed by atoms with Crippen molar-refractivity contribution < 1.29 is 19.4 Å². The number of aliphatic carboxylic acids is 1. The molecule has 0 radical (unpaired) electrons. The van der Waals surface area contributed by atoms with Crippen LogP contribution in [-0.4, -0.2) is 36.2 Å². The SMILES string of the molecule is COC(C)(C)CNC(=O)C1C2C=CC(C2)C1C(=O)O. The Kier molecular flexibility index (Phi) is 3.67. The maximum atomic E-state index is 12.2. The molecule has 2 aliphatic carbocycles. The van der Waals surface area contributed by atoms with Crippen molar-refractivity contribution >= 4 is 11.9 Å². The van der Waals surface area contributed by atoms with Gasteiger partial charge in [0.25, 0.3) is 0 Å². The normalized spacial score (nSPS) is 32.6. The van der Waals surface area contributed by atoms with E-state index in [0.29, 0.717) is 6.54 Å². The second-order valence-corrected chi connectivity index (χ2v) is 6.02. The van der Waals surface area contributed by atoms with Gasteiger partial charge in [-0.3, -0.25) is 9.59 Å². The van der Waals surface area contributed by atoms with Crippen molar-refractivity contribution in [2.24, 2.45) is 23.7 Å². The number of carbonyl (C=O) groups is 2. The topological polar surface area (TPSA) is 75.6 Å². The third-order valence-electron chi connectivity index (χ3n) is 4.29. The molecular weight excluding hydrogens is 246 g/mol. The zero-order chi connectivity index (χ0) is 14.2. The second kappa shape index (κ2) is 4.96. The summed E-state index contributed by atoms with van der Waals surface area (Å²) in [7, 11) is 1.59.